The van der Waals surface area contributed by atoms with Crippen LogP contribution in [0.2, 0.25) is 0 Å². The van der Waals surface area contributed by atoms with Gasteiger partial charge in [-0.2, -0.15) is 12.6 Å². The molecule has 1 aliphatic rings. The first-order chi connectivity index (χ1) is 9.58. The number of rotatable bonds is 8. The van der Waals surface area contributed by atoms with Crippen molar-refractivity contribution >= 4 is 24.7 Å². The van der Waals surface area contributed by atoms with E-state index in [1.165, 1.54) is 7.11 Å². The first kappa shape index (κ1) is 17.1. The summed E-state index contributed by atoms with van der Waals surface area (Å²) < 4.78 is 10.1. The normalized spacial score (nSPS) is 18.2. The number of nitrogens with zero attached hydrogens (tertiary/aromatic N) is 1. The molecule has 7 nitrogen and oxygen atoms in total. The summed E-state index contributed by atoms with van der Waals surface area (Å²) in [6.45, 7) is 3.55. The van der Waals surface area contributed by atoms with Crippen molar-refractivity contribution in [2.75, 3.05) is 39.1 Å². The molecule has 2 atom stereocenters. The second-order valence-corrected chi connectivity index (χ2v) is 5.05. The maximum absolute atomic E-state index is 12.0. The lowest BCUT2D eigenvalue weighted by atomic mass is 10.3. The molecule has 0 aliphatic carbocycles. The first-order valence-corrected chi connectivity index (χ1v) is 7.30. The maximum Gasteiger partial charge on any atom is 0.325 e. The summed E-state index contributed by atoms with van der Waals surface area (Å²) in [5.41, 5.74) is 0. The van der Waals surface area contributed by atoms with E-state index in [2.05, 4.69) is 23.3 Å². The molecule has 0 aromatic carbocycles. The molecule has 1 saturated heterocycles. The van der Waals surface area contributed by atoms with Gasteiger partial charge in [0.05, 0.1) is 25.4 Å². The number of ether oxygens (including phenoxy) is 2. The van der Waals surface area contributed by atoms with Crippen molar-refractivity contribution in [2.45, 2.75) is 25.6 Å². The van der Waals surface area contributed by atoms with Crippen LogP contribution in [-0.2, 0) is 9.47 Å². The molecule has 1 aliphatic heterocycles. The largest absolute Gasteiger partial charge is 0.380 e. The van der Waals surface area contributed by atoms with Gasteiger partial charge in [0.15, 0.2) is 0 Å². The Morgan fingerprint density at radius 3 is 2.65 bits per heavy atom. The Labute approximate surface area is 124 Å². The van der Waals surface area contributed by atoms with Gasteiger partial charge < -0.3 is 20.1 Å². The molecule has 2 N–H and O–H groups in total. The van der Waals surface area contributed by atoms with E-state index >= 15 is 0 Å². The van der Waals surface area contributed by atoms with Gasteiger partial charge in [-0.25, -0.2) is 14.5 Å². The van der Waals surface area contributed by atoms with Crippen molar-refractivity contribution in [3.8, 4) is 0 Å². The number of methoxy groups -OCH3 is 1. The van der Waals surface area contributed by atoms with Crippen molar-refractivity contribution in [3.05, 3.63) is 0 Å². The van der Waals surface area contributed by atoms with E-state index in [1.807, 2.05) is 0 Å². The van der Waals surface area contributed by atoms with Crippen LogP contribution >= 0.6 is 12.6 Å². The van der Waals surface area contributed by atoms with Crippen molar-refractivity contribution in [1.82, 2.24) is 15.5 Å². The zero-order valence-corrected chi connectivity index (χ0v) is 12.8. The van der Waals surface area contributed by atoms with Crippen LogP contribution < -0.4 is 10.6 Å². The Bertz CT molecular complexity index is 326. The fourth-order valence-electron chi connectivity index (χ4n) is 1.44. The molecule has 0 saturated carbocycles. The standard InChI is InChI=1S/C12H23N3O4S/c1-9(18-2)7-15(11(16)13-4-3-5-20)12(17)14-6-10-8-19-10/h9-10,20H,3-8H2,1-2H3,(H,13,16)(H,14,17). The van der Waals surface area contributed by atoms with E-state index in [1.54, 1.807) is 6.92 Å². The number of thiol groups is 1. The molecule has 8 heteroatoms. The third-order valence-electron chi connectivity index (χ3n) is 2.83. The van der Waals surface area contributed by atoms with Crippen LogP contribution in [0.15, 0.2) is 0 Å². The number of urea groups is 2. The highest BCUT2D eigenvalue weighted by atomic mass is 32.1. The SMILES string of the molecule is COC(C)CN(C(=O)NCCCS)C(=O)NCC1CO1. The van der Waals surface area contributed by atoms with Gasteiger partial charge in [-0.05, 0) is 19.1 Å². The first-order valence-electron chi connectivity index (χ1n) is 6.67. The Morgan fingerprint density at radius 2 is 2.10 bits per heavy atom. The average molecular weight is 305 g/mol. The predicted molar refractivity (Wildman–Crippen MR) is 78.2 cm³/mol. The molecule has 1 rings (SSSR count). The summed E-state index contributed by atoms with van der Waals surface area (Å²) in [4.78, 5) is 25.2. The van der Waals surface area contributed by atoms with Crippen LogP contribution in [0.3, 0.4) is 0 Å². The minimum Gasteiger partial charge on any atom is -0.380 e. The summed E-state index contributed by atoms with van der Waals surface area (Å²) >= 11 is 4.07. The third kappa shape index (κ3) is 6.44. The minimum atomic E-state index is -0.437. The van der Waals surface area contributed by atoms with E-state index in [4.69, 9.17) is 9.47 Å². The zero-order chi connectivity index (χ0) is 15.0. The number of nitrogens with one attached hydrogen (secondary N) is 2. The lowest BCUT2D eigenvalue weighted by Crippen LogP contribution is -2.51. The molecular weight excluding hydrogens is 282 g/mol. The molecular formula is C12H23N3O4S. The van der Waals surface area contributed by atoms with E-state index in [-0.39, 0.29) is 18.8 Å². The Morgan fingerprint density at radius 1 is 1.45 bits per heavy atom. The number of epoxide rings is 1. The fourth-order valence-corrected chi connectivity index (χ4v) is 1.60. The van der Waals surface area contributed by atoms with Crippen LogP contribution in [-0.4, -0.2) is 68.3 Å². The molecule has 0 spiro atoms. The van der Waals surface area contributed by atoms with E-state index in [0.717, 1.165) is 11.3 Å². The Balaban J connectivity index is 2.47. The molecule has 0 aromatic heterocycles. The van der Waals surface area contributed by atoms with Gasteiger partial charge in [0.1, 0.15) is 0 Å². The summed E-state index contributed by atoms with van der Waals surface area (Å²) in [5, 5.41) is 5.36. The minimum absolute atomic E-state index is 0.0768. The Hall–Kier alpha value is -0.990. The van der Waals surface area contributed by atoms with Crippen molar-refractivity contribution in [3.63, 3.8) is 0 Å². The van der Waals surface area contributed by atoms with Crippen molar-refractivity contribution < 1.29 is 19.1 Å². The molecule has 0 radical (unpaired) electrons. The van der Waals surface area contributed by atoms with Gasteiger partial charge in [0.25, 0.3) is 0 Å². The predicted octanol–water partition coefficient (Wildman–Crippen LogP) is 0.461. The summed E-state index contributed by atoms with van der Waals surface area (Å²) in [6.07, 6.45) is 0.599. The van der Waals surface area contributed by atoms with E-state index < -0.39 is 12.1 Å². The number of carbonyl (C=O) groups is 2. The molecule has 2 unspecified atom stereocenters. The van der Waals surface area contributed by atoms with Gasteiger partial charge in [-0.15, -0.1) is 0 Å². The second-order valence-electron chi connectivity index (χ2n) is 4.61. The van der Waals surface area contributed by atoms with Gasteiger partial charge in [-0.1, -0.05) is 0 Å². The van der Waals surface area contributed by atoms with E-state index in [0.29, 0.717) is 25.4 Å². The molecule has 4 amide bonds. The average Bonchev–Trinajstić information content (AvgIpc) is 3.26. The molecule has 1 heterocycles. The van der Waals surface area contributed by atoms with Crippen molar-refractivity contribution in [2.24, 2.45) is 0 Å². The number of imide groups is 1. The zero-order valence-electron chi connectivity index (χ0n) is 11.9. The second kappa shape index (κ2) is 9.04. The number of amides is 4. The smallest absolute Gasteiger partial charge is 0.325 e. The third-order valence-corrected chi connectivity index (χ3v) is 3.14. The number of hydrogen-bond acceptors (Lipinski definition) is 5. The van der Waals surface area contributed by atoms with Gasteiger partial charge >= 0.3 is 12.1 Å². The maximum atomic E-state index is 12.0. The molecule has 1 fully saturated rings. The molecule has 116 valence electrons. The Kier molecular flexibility index (Phi) is 7.71. The quantitative estimate of drug-likeness (QED) is 0.346. The lowest BCUT2D eigenvalue weighted by molar-refractivity contribution is 0.0917. The summed E-state index contributed by atoms with van der Waals surface area (Å²) in [7, 11) is 1.54. The highest BCUT2D eigenvalue weighted by Crippen LogP contribution is 2.07. The molecule has 0 aromatic rings. The van der Waals surface area contributed by atoms with Crippen LogP contribution in [0.5, 0.6) is 0 Å². The highest BCUT2D eigenvalue weighted by Gasteiger charge is 2.27. The molecule has 20 heavy (non-hydrogen) atoms. The summed E-state index contributed by atoms with van der Waals surface area (Å²) in [6, 6.07) is -0.863. The van der Waals surface area contributed by atoms with Crippen molar-refractivity contribution in [1.29, 1.82) is 0 Å². The van der Waals surface area contributed by atoms with Crippen LogP contribution in [0.25, 0.3) is 0 Å². The fraction of sp³-hybridized carbons (Fsp3) is 0.833. The molecule has 0 bridgehead atoms. The lowest BCUT2D eigenvalue weighted by Gasteiger charge is -2.24. The highest BCUT2D eigenvalue weighted by molar-refractivity contribution is 7.80. The van der Waals surface area contributed by atoms with Gasteiger partial charge in [-0.3, -0.25) is 0 Å². The topological polar surface area (TPSA) is 83.2 Å². The van der Waals surface area contributed by atoms with E-state index in [9.17, 15) is 9.59 Å². The number of carbonyl (C=O) groups excluding carboxylic acids is 2. The van der Waals surface area contributed by atoms with Gasteiger partial charge in [0.2, 0.25) is 0 Å². The van der Waals surface area contributed by atoms with Crippen LogP contribution in [0, 0.1) is 0 Å². The number of hydrogen-bond donors (Lipinski definition) is 3. The van der Waals surface area contributed by atoms with Crippen LogP contribution in [0.4, 0.5) is 9.59 Å². The van der Waals surface area contributed by atoms with Crippen LogP contribution in [0.1, 0.15) is 13.3 Å². The monoisotopic (exact) mass is 305 g/mol. The summed E-state index contributed by atoms with van der Waals surface area (Å²) in [5.74, 6) is 0.681. The van der Waals surface area contributed by atoms with Gasteiger partial charge in [0, 0.05) is 20.2 Å².